The number of anilines is 6. The van der Waals surface area contributed by atoms with E-state index >= 15 is 0 Å². The first-order valence-corrected chi connectivity index (χ1v) is 19.1. The average molecular weight is 717 g/mol. The molecule has 0 radical (unpaired) electrons. The first-order valence-electron chi connectivity index (χ1n) is 19.1. The fourth-order valence-electron chi connectivity index (χ4n) is 7.53. The van der Waals surface area contributed by atoms with Crippen LogP contribution in [-0.2, 0) is 0 Å². The van der Waals surface area contributed by atoms with Gasteiger partial charge in [0.25, 0.3) is 0 Å². The van der Waals surface area contributed by atoms with Crippen LogP contribution in [0.25, 0.3) is 44.5 Å². The second-order valence-corrected chi connectivity index (χ2v) is 13.8. The van der Waals surface area contributed by atoms with Crippen LogP contribution in [0.5, 0.6) is 0 Å². The molecule has 0 aromatic heterocycles. The third kappa shape index (κ3) is 7.12. The van der Waals surface area contributed by atoms with E-state index in [4.69, 9.17) is 0 Å². The fraction of sp³-hybridized carbons (Fsp3) is 0. The van der Waals surface area contributed by atoms with Gasteiger partial charge in [0.15, 0.2) is 0 Å². The summed E-state index contributed by atoms with van der Waals surface area (Å²) in [5, 5.41) is 0. The van der Waals surface area contributed by atoms with Gasteiger partial charge in [-0.05, 0) is 99.6 Å². The molecule has 0 bridgehead atoms. The van der Waals surface area contributed by atoms with Crippen molar-refractivity contribution in [3.63, 3.8) is 0 Å². The van der Waals surface area contributed by atoms with Crippen LogP contribution in [-0.4, -0.2) is 0 Å². The van der Waals surface area contributed by atoms with E-state index < -0.39 is 0 Å². The third-order valence-electron chi connectivity index (χ3n) is 10.3. The van der Waals surface area contributed by atoms with Crippen LogP contribution in [0, 0.1) is 0 Å². The van der Waals surface area contributed by atoms with E-state index in [2.05, 4.69) is 252 Å². The normalized spacial score (nSPS) is 10.9. The molecule has 266 valence electrons. The van der Waals surface area contributed by atoms with Crippen molar-refractivity contribution in [2.45, 2.75) is 0 Å². The Hall–Kier alpha value is -7.42. The van der Waals surface area contributed by atoms with Crippen molar-refractivity contribution in [1.82, 2.24) is 0 Å². The second-order valence-electron chi connectivity index (χ2n) is 13.8. The lowest BCUT2D eigenvalue weighted by molar-refractivity contribution is 1.23. The standard InChI is InChI=1S/C54H40N2/c1-6-18-41(19-7-1)44-32-36-50(37-33-44)55(48-26-12-4-13-27-48)53-31-17-30-52(47-25-16-24-46(40-47)43-22-10-3-11-23-43)54(53)56(49-28-14-5-15-29-49)51-38-34-45(35-39-51)42-20-8-2-9-21-42/h1-40H. The van der Waals surface area contributed by atoms with Crippen molar-refractivity contribution >= 4 is 34.1 Å². The van der Waals surface area contributed by atoms with Crippen LogP contribution < -0.4 is 9.80 Å². The van der Waals surface area contributed by atoms with E-state index in [1.165, 1.54) is 33.4 Å². The minimum Gasteiger partial charge on any atom is -0.308 e. The summed E-state index contributed by atoms with van der Waals surface area (Å²) in [4.78, 5) is 4.81. The van der Waals surface area contributed by atoms with Crippen LogP contribution in [0.4, 0.5) is 34.1 Å². The van der Waals surface area contributed by atoms with Crippen molar-refractivity contribution in [3.05, 3.63) is 243 Å². The van der Waals surface area contributed by atoms with E-state index in [0.29, 0.717) is 0 Å². The third-order valence-corrected chi connectivity index (χ3v) is 10.3. The molecule has 56 heavy (non-hydrogen) atoms. The van der Waals surface area contributed by atoms with E-state index in [9.17, 15) is 0 Å². The highest BCUT2D eigenvalue weighted by Gasteiger charge is 2.26. The van der Waals surface area contributed by atoms with Crippen molar-refractivity contribution in [2.24, 2.45) is 0 Å². The zero-order chi connectivity index (χ0) is 37.5. The Bertz CT molecular complexity index is 2640. The lowest BCUT2D eigenvalue weighted by atomic mass is 9.95. The Morgan fingerprint density at radius 1 is 0.214 bits per heavy atom. The second kappa shape index (κ2) is 15.9. The molecule has 0 amide bonds. The highest BCUT2D eigenvalue weighted by atomic mass is 15.2. The molecular formula is C54H40N2. The molecule has 0 aliphatic carbocycles. The van der Waals surface area contributed by atoms with Gasteiger partial charge >= 0.3 is 0 Å². The summed E-state index contributed by atoms with van der Waals surface area (Å²) in [7, 11) is 0. The number of rotatable bonds is 10. The molecule has 0 saturated carbocycles. The maximum Gasteiger partial charge on any atom is 0.0781 e. The molecule has 0 spiro atoms. The average Bonchev–Trinajstić information content (AvgIpc) is 3.29. The number of para-hydroxylation sites is 3. The van der Waals surface area contributed by atoms with Crippen molar-refractivity contribution in [3.8, 4) is 44.5 Å². The molecular weight excluding hydrogens is 677 g/mol. The molecule has 2 heteroatoms. The molecule has 9 rings (SSSR count). The lowest BCUT2D eigenvalue weighted by Crippen LogP contribution is -2.18. The molecule has 0 unspecified atom stereocenters. The van der Waals surface area contributed by atoms with Gasteiger partial charge in [-0.25, -0.2) is 0 Å². The van der Waals surface area contributed by atoms with E-state index in [1.807, 2.05) is 0 Å². The summed E-state index contributed by atoms with van der Waals surface area (Å²) in [5.41, 5.74) is 15.8. The first-order chi connectivity index (χ1) is 27.8. The molecule has 0 aliphatic heterocycles. The molecule has 0 N–H and O–H groups in total. The summed E-state index contributed by atoms with van der Waals surface area (Å²) in [5.74, 6) is 0. The fourth-order valence-corrected chi connectivity index (χ4v) is 7.53. The van der Waals surface area contributed by atoms with Crippen molar-refractivity contribution in [1.29, 1.82) is 0 Å². The van der Waals surface area contributed by atoms with Gasteiger partial charge in [-0.3, -0.25) is 0 Å². The van der Waals surface area contributed by atoms with E-state index in [-0.39, 0.29) is 0 Å². The zero-order valence-electron chi connectivity index (χ0n) is 31.0. The maximum absolute atomic E-state index is 2.42. The number of nitrogens with zero attached hydrogens (tertiary/aromatic N) is 2. The predicted molar refractivity (Wildman–Crippen MR) is 238 cm³/mol. The zero-order valence-corrected chi connectivity index (χ0v) is 31.0. The molecule has 0 atom stereocenters. The molecule has 2 nitrogen and oxygen atoms in total. The van der Waals surface area contributed by atoms with Crippen LogP contribution in [0.1, 0.15) is 0 Å². The van der Waals surface area contributed by atoms with Gasteiger partial charge in [0.2, 0.25) is 0 Å². The van der Waals surface area contributed by atoms with Crippen LogP contribution in [0.15, 0.2) is 243 Å². The number of benzene rings is 9. The highest BCUT2D eigenvalue weighted by molar-refractivity contribution is 6.00. The molecule has 9 aromatic rings. The smallest absolute Gasteiger partial charge is 0.0781 e. The quantitative estimate of drug-likeness (QED) is 0.139. The van der Waals surface area contributed by atoms with Crippen LogP contribution in [0.2, 0.25) is 0 Å². The Morgan fingerprint density at radius 3 is 1.05 bits per heavy atom. The molecule has 0 aliphatic rings. The molecule has 0 fully saturated rings. The van der Waals surface area contributed by atoms with Crippen molar-refractivity contribution < 1.29 is 0 Å². The van der Waals surface area contributed by atoms with E-state index in [0.717, 1.165) is 45.3 Å². The van der Waals surface area contributed by atoms with Crippen LogP contribution >= 0.6 is 0 Å². The summed E-state index contributed by atoms with van der Waals surface area (Å²) in [6.45, 7) is 0. The summed E-state index contributed by atoms with van der Waals surface area (Å²) in [6, 6.07) is 86.7. The van der Waals surface area contributed by atoms with Gasteiger partial charge < -0.3 is 9.80 Å². The van der Waals surface area contributed by atoms with Gasteiger partial charge in [-0.1, -0.05) is 182 Å². The molecule has 0 saturated heterocycles. The Labute approximate surface area is 329 Å². The lowest BCUT2D eigenvalue weighted by Gasteiger charge is -2.35. The largest absolute Gasteiger partial charge is 0.308 e. The van der Waals surface area contributed by atoms with Gasteiger partial charge in [0.05, 0.1) is 11.4 Å². The molecule has 9 aromatic carbocycles. The molecule has 0 heterocycles. The van der Waals surface area contributed by atoms with Gasteiger partial charge in [0, 0.05) is 28.3 Å². The van der Waals surface area contributed by atoms with Gasteiger partial charge in [0.1, 0.15) is 0 Å². The Kier molecular flexibility index (Phi) is 9.75. The summed E-state index contributed by atoms with van der Waals surface area (Å²) >= 11 is 0. The summed E-state index contributed by atoms with van der Waals surface area (Å²) < 4.78 is 0. The topological polar surface area (TPSA) is 6.48 Å². The summed E-state index contributed by atoms with van der Waals surface area (Å²) in [6.07, 6.45) is 0. The minimum absolute atomic E-state index is 1.06. The SMILES string of the molecule is c1ccc(-c2ccc(N(c3ccccc3)c3cccc(-c4cccc(-c5ccccc5)c4)c3N(c3ccccc3)c3ccc(-c4ccccc4)cc3)cc2)cc1. The first kappa shape index (κ1) is 34.4. The minimum atomic E-state index is 1.06. The van der Waals surface area contributed by atoms with Crippen LogP contribution in [0.3, 0.4) is 0 Å². The maximum atomic E-state index is 2.42. The van der Waals surface area contributed by atoms with E-state index in [1.54, 1.807) is 0 Å². The Balaban J connectivity index is 1.29. The van der Waals surface area contributed by atoms with Gasteiger partial charge in [-0.2, -0.15) is 0 Å². The number of hydrogen-bond donors (Lipinski definition) is 0. The monoisotopic (exact) mass is 716 g/mol. The number of hydrogen-bond acceptors (Lipinski definition) is 2. The highest BCUT2D eigenvalue weighted by Crippen LogP contribution is 2.50. The predicted octanol–water partition coefficient (Wildman–Crippen LogP) is 15.3. The van der Waals surface area contributed by atoms with Gasteiger partial charge in [-0.15, -0.1) is 0 Å². The van der Waals surface area contributed by atoms with Crippen molar-refractivity contribution in [2.75, 3.05) is 9.80 Å². The Morgan fingerprint density at radius 2 is 0.554 bits per heavy atom.